The van der Waals surface area contributed by atoms with E-state index < -0.39 is 0 Å². The third-order valence-electron chi connectivity index (χ3n) is 3.41. The van der Waals surface area contributed by atoms with Gasteiger partial charge in [-0.05, 0) is 42.9 Å². The highest BCUT2D eigenvalue weighted by atomic mass is 16.2. The molecule has 0 saturated carbocycles. The first-order chi connectivity index (χ1) is 9.90. The van der Waals surface area contributed by atoms with Crippen molar-refractivity contribution in [3.8, 4) is 0 Å². The van der Waals surface area contributed by atoms with Crippen LogP contribution in [-0.4, -0.2) is 18.3 Å². The van der Waals surface area contributed by atoms with Crippen molar-refractivity contribution in [2.75, 3.05) is 18.5 Å². The van der Waals surface area contributed by atoms with Gasteiger partial charge in [-0.25, -0.2) is 0 Å². The number of nitrogens with one attached hydrogen (secondary N) is 1. The minimum absolute atomic E-state index is 0.296. The summed E-state index contributed by atoms with van der Waals surface area (Å²) in [5.74, 6) is 0. The number of unbranched alkanes of at least 4 members (excludes halogenated alkanes) is 2. The summed E-state index contributed by atoms with van der Waals surface area (Å²) in [6.07, 6.45) is 4.03. The Morgan fingerprint density at radius 3 is 2.35 bits per heavy atom. The topological polar surface area (TPSA) is 32.3 Å². The maximum atomic E-state index is 8.77. The molecule has 2 nitrogen and oxygen atoms in total. The van der Waals surface area contributed by atoms with E-state index in [1.165, 1.54) is 16.8 Å². The molecule has 0 aromatic heterocycles. The fourth-order valence-electron chi connectivity index (χ4n) is 2.30. The molecule has 2 aromatic carbocycles. The fraction of sp³-hybridized carbons (Fsp3) is 0.333. The molecule has 0 aliphatic heterocycles. The summed E-state index contributed by atoms with van der Waals surface area (Å²) < 4.78 is 0. The van der Waals surface area contributed by atoms with Gasteiger partial charge in [0.25, 0.3) is 0 Å². The predicted octanol–water partition coefficient (Wildman–Crippen LogP) is 3.85. The van der Waals surface area contributed by atoms with Crippen LogP contribution in [0.25, 0.3) is 0 Å². The number of rotatable bonds is 8. The zero-order valence-corrected chi connectivity index (χ0v) is 11.9. The number of aliphatic hydroxyl groups is 1. The quantitative estimate of drug-likeness (QED) is 0.713. The Balaban J connectivity index is 1.92. The number of para-hydroxylation sites is 1. The molecular weight excluding hydrogens is 246 g/mol. The van der Waals surface area contributed by atoms with Crippen LogP contribution >= 0.6 is 0 Å². The highest BCUT2D eigenvalue weighted by Crippen LogP contribution is 2.19. The molecule has 0 bridgehead atoms. The maximum absolute atomic E-state index is 8.77. The Hall–Kier alpha value is -1.80. The molecule has 106 valence electrons. The highest BCUT2D eigenvalue weighted by Gasteiger charge is 2.02. The van der Waals surface area contributed by atoms with Gasteiger partial charge in [-0.3, -0.25) is 0 Å². The van der Waals surface area contributed by atoms with E-state index in [0.717, 1.165) is 32.2 Å². The van der Waals surface area contributed by atoms with Crippen molar-refractivity contribution in [3.63, 3.8) is 0 Å². The summed E-state index contributed by atoms with van der Waals surface area (Å²) in [4.78, 5) is 0. The van der Waals surface area contributed by atoms with Crippen LogP contribution in [0.2, 0.25) is 0 Å². The average molecular weight is 269 g/mol. The predicted molar refractivity (Wildman–Crippen MR) is 85.1 cm³/mol. The number of benzene rings is 2. The van der Waals surface area contributed by atoms with Crippen LogP contribution < -0.4 is 5.32 Å². The Kier molecular flexibility index (Phi) is 6.12. The van der Waals surface area contributed by atoms with E-state index in [0.29, 0.717) is 6.61 Å². The number of hydrogen-bond acceptors (Lipinski definition) is 2. The smallest absolute Gasteiger partial charge is 0.0431 e. The molecule has 0 saturated heterocycles. The van der Waals surface area contributed by atoms with Gasteiger partial charge in [0.05, 0.1) is 0 Å². The Morgan fingerprint density at radius 1 is 0.800 bits per heavy atom. The molecular formula is C18H23NO. The summed E-state index contributed by atoms with van der Waals surface area (Å²) in [5, 5.41) is 12.3. The van der Waals surface area contributed by atoms with E-state index in [2.05, 4.69) is 59.9 Å². The molecule has 0 unspecified atom stereocenters. The van der Waals surface area contributed by atoms with Crippen molar-refractivity contribution < 1.29 is 5.11 Å². The van der Waals surface area contributed by atoms with Gasteiger partial charge >= 0.3 is 0 Å². The zero-order valence-electron chi connectivity index (χ0n) is 11.9. The Bertz CT molecular complexity index is 496. The standard InChI is InChI=1S/C18H23NO/c20-14-8-2-7-13-19-18-12-6-5-11-17(18)15-16-9-3-1-4-10-16/h1,3-6,9-12,19-20H,2,7-8,13-15H2. The molecule has 0 atom stereocenters. The summed E-state index contributed by atoms with van der Waals surface area (Å²) in [7, 11) is 0. The van der Waals surface area contributed by atoms with E-state index in [1.54, 1.807) is 0 Å². The van der Waals surface area contributed by atoms with Crippen molar-refractivity contribution in [3.05, 3.63) is 65.7 Å². The second kappa shape index (κ2) is 8.39. The first kappa shape index (κ1) is 14.6. The SMILES string of the molecule is OCCCCCNc1ccccc1Cc1ccccc1. The number of aliphatic hydroxyl groups excluding tert-OH is 1. The van der Waals surface area contributed by atoms with Crippen LogP contribution in [0.3, 0.4) is 0 Å². The van der Waals surface area contributed by atoms with Crippen LogP contribution in [0.5, 0.6) is 0 Å². The number of anilines is 1. The second-order valence-corrected chi connectivity index (χ2v) is 5.03. The first-order valence-electron chi connectivity index (χ1n) is 7.36. The largest absolute Gasteiger partial charge is 0.396 e. The molecule has 0 aliphatic carbocycles. The van der Waals surface area contributed by atoms with Gasteiger partial charge in [0.1, 0.15) is 0 Å². The van der Waals surface area contributed by atoms with Crippen molar-refractivity contribution in [2.45, 2.75) is 25.7 Å². The summed E-state index contributed by atoms with van der Waals surface area (Å²) in [6.45, 7) is 1.26. The summed E-state index contributed by atoms with van der Waals surface area (Å²) >= 11 is 0. The molecule has 0 spiro atoms. The molecule has 0 radical (unpaired) electrons. The monoisotopic (exact) mass is 269 g/mol. The Morgan fingerprint density at radius 2 is 1.55 bits per heavy atom. The van der Waals surface area contributed by atoms with Crippen LogP contribution in [-0.2, 0) is 6.42 Å². The molecule has 0 amide bonds. The highest BCUT2D eigenvalue weighted by molar-refractivity contribution is 5.52. The lowest BCUT2D eigenvalue weighted by Gasteiger charge is -2.12. The maximum Gasteiger partial charge on any atom is 0.0431 e. The van der Waals surface area contributed by atoms with Crippen molar-refractivity contribution in [2.24, 2.45) is 0 Å². The van der Waals surface area contributed by atoms with Gasteiger partial charge in [-0.2, -0.15) is 0 Å². The molecule has 2 heteroatoms. The molecule has 2 N–H and O–H groups in total. The minimum atomic E-state index is 0.296. The van der Waals surface area contributed by atoms with Gasteiger partial charge < -0.3 is 10.4 Å². The summed E-state index contributed by atoms with van der Waals surface area (Å²) in [6, 6.07) is 19.0. The fourth-order valence-corrected chi connectivity index (χ4v) is 2.30. The molecule has 20 heavy (non-hydrogen) atoms. The third-order valence-corrected chi connectivity index (χ3v) is 3.41. The normalized spacial score (nSPS) is 10.4. The lowest BCUT2D eigenvalue weighted by atomic mass is 10.0. The minimum Gasteiger partial charge on any atom is -0.396 e. The van der Waals surface area contributed by atoms with Gasteiger partial charge in [0.15, 0.2) is 0 Å². The number of hydrogen-bond donors (Lipinski definition) is 2. The van der Waals surface area contributed by atoms with Crippen LogP contribution in [0, 0.1) is 0 Å². The molecule has 0 aliphatic rings. The second-order valence-electron chi connectivity index (χ2n) is 5.03. The van der Waals surface area contributed by atoms with Crippen LogP contribution in [0.4, 0.5) is 5.69 Å². The zero-order chi connectivity index (χ0) is 14.0. The van der Waals surface area contributed by atoms with Gasteiger partial charge in [-0.15, -0.1) is 0 Å². The van der Waals surface area contributed by atoms with Crippen molar-refractivity contribution in [1.29, 1.82) is 0 Å². The lowest BCUT2D eigenvalue weighted by molar-refractivity contribution is 0.283. The van der Waals surface area contributed by atoms with E-state index in [4.69, 9.17) is 5.11 Å². The van der Waals surface area contributed by atoms with Gasteiger partial charge in [0, 0.05) is 18.8 Å². The van der Waals surface area contributed by atoms with Crippen LogP contribution in [0.1, 0.15) is 30.4 Å². The molecule has 0 fully saturated rings. The van der Waals surface area contributed by atoms with E-state index in [9.17, 15) is 0 Å². The molecule has 0 heterocycles. The molecule has 2 aromatic rings. The van der Waals surface area contributed by atoms with Gasteiger partial charge in [-0.1, -0.05) is 48.5 Å². The summed E-state index contributed by atoms with van der Waals surface area (Å²) in [5.41, 5.74) is 3.89. The van der Waals surface area contributed by atoms with Gasteiger partial charge in [0.2, 0.25) is 0 Å². The lowest BCUT2D eigenvalue weighted by Crippen LogP contribution is -2.04. The van der Waals surface area contributed by atoms with E-state index >= 15 is 0 Å². The van der Waals surface area contributed by atoms with E-state index in [1.807, 2.05) is 0 Å². The first-order valence-corrected chi connectivity index (χ1v) is 7.36. The van der Waals surface area contributed by atoms with Crippen molar-refractivity contribution >= 4 is 5.69 Å². The Labute approximate surface area is 121 Å². The van der Waals surface area contributed by atoms with Crippen LogP contribution in [0.15, 0.2) is 54.6 Å². The van der Waals surface area contributed by atoms with Crippen molar-refractivity contribution in [1.82, 2.24) is 0 Å². The van der Waals surface area contributed by atoms with E-state index in [-0.39, 0.29) is 0 Å². The average Bonchev–Trinajstić information content (AvgIpc) is 2.50. The third kappa shape index (κ3) is 4.71. The molecule has 2 rings (SSSR count).